The molecule has 0 amide bonds. The summed E-state index contributed by atoms with van der Waals surface area (Å²) in [6.07, 6.45) is 1.65. The van der Waals surface area contributed by atoms with Crippen molar-refractivity contribution in [2.24, 2.45) is 0 Å². The smallest absolute Gasteiger partial charge is 0.271 e. The number of para-hydroxylation sites is 1. The molecule has 20 heavy (non-hydrogen) atoms. The largest absolute Gasteiger partial charge is 0.277 e. The SMILES string of the molecule is Cc1cc(S(=O)(=O)Nc2cccc3cn[nH]c23)sc1Br. The highest BCUT2D eigenvalue weighted by molar-refractivity contribution is 9.11. The number of fused-ring (bicyclic) bond motifs is 1. The molecule has 0 radical (unpaired) electrons. The molecular formula is C12H10BrN3O2S2. The van der Waals surface area contributed by atoms with Gasteiger partial charge in [0.05, 0.1) is 21.2 Å². The Morgan fingerprint density at radius 3 is 2.90 bits per heavy atom. The van der Waals surface area contributed by atoms with E-state index in [9.17, 15) is 8.42 Å². The number of halogens is 1. The molecule has 0 aliphatic rings. The van der Waals surface area contributed by atoms with Crippen molar-refractivity contribution in [2.75, 3.05) is 4.72 Å². The fourth-order valence-electron chi connectivity index (χ4n) is 1.81. The van der Waals surface area contributed by atoms with Crippen LogP contribution in [0.5, 0.6) is 0 Å². The minimum Gasteiger partial charge on any atom is -0.277 e. The highest BCUT2D eigenvalue weighted by Gasteiger charge is 2.19. The van der Waals surface area contributed by atoms with Crippen molar-refractivity contribution in [3.8, 4) is 0 Å². The van der Waals surface area contributed by atoms with Crippen LogP contribution in [-0.4, -0.2) is 18.6 Å². The normalized spacial score (nSPS) is 11.9. The van der Waals surface area contributed by atoms with E-state index >= 15 is 0 Å². The number of nitrogens with one attached hydrogen (secondary N) is 2. The molecule has 3 aromatic rings. The van der Waals surface area contributed by atoms with E-state index in [0.717, 1.165) is 14.7 Å². The number of sulfonamides is 1. The Hall–Kier alpha value is -1.38. The van der Waals surface area contributed by atoms with Crippen molar-refractivity contribution < 1.29 is 8.42 Å². The molecule has 0 unspecified atom stereocenters. The van der Waals surface area contributed by atoms with Crippen molar-refractivity contribution in [1.29, 1.82) is 0 Å². The number of thiophene rings is 1. The number of nitrogens with zero attached hydrogens (tertiary/aromatic N) is 1. The van der Waals surface area contributed by atoms with Gasteiger partial charge in [-0.15, -0.1) is 11.3 Å². The van der Waals surface area contributed by atoms with Crippen molar-refractivity contribution >= 4 is 53.9 Å². The van der Waals surface area contributed by atoms with Crippen molar-refractivity contribution in [2.45, 2.75) is 11.1 Å². The van der Waals surface area contributed by atoms with E-state index in [1.54, 1.807) is 24.4 Å². The van der Waals surface area contributed by atoms with Crippen LogP contribution in [0.25, 0.3) is 10.9 Å². The summed E-state index contributed by atoms with van der Waals surface area (Å²) in [4.78, 5) is 0. The lowest BCUT2D eigenvalue weighted by atomic mass is 10.2. The second-order valence-corrected chi connectivity index (χ2v) is 8.55. The minimum atomic E-state index is -3.59. The van der Waals surface area contributed by atoms with Gasteiger partial charge in [-0.2, -0.15) is 5.10 Å². The molecule has 0 atom stereocenters. The lowest BCUT2D eigenvalue weighted by molar-refractivity contribution is 0.603. The minimum absolute atomic E-state index is 0.276. The Morgan fingerprint density at radius 2 is 2.20 bits per heavy atom. The average Bonchev–Trinajstić information content (AvgIpc) is 2.98. The molecule has 3 rings (SSSR count). The van der Waals surface area contributed by atoms with Crippen LogP contribution in [-0.2, 0) is 10.0 Å². The van der Waals surface area contributed by atoms with Crippen molar-refractivity contribution in [3.63, 3.8) is 0 Å². The van der Waals surface area contributed by atoms with Gasteiger partial charge >= 0.3 is 0 Å². The molecule has 2 heterocycles. The number of anilines is 1. The van der Waals surface area contributed by atoms with Crippen LogP contribution < -0.4 is 4.72 Å². The maximum Gasteiger partial charge on any atom is 0.271 e. The summed E-state index contributed by atoms with van der Waals surface area (Å²) >= 11 is 4.53. The fraction of sp³-hybridized carbons (Fsp3) is 0.0833. The van der Waals surface area contributed by atoms with Gasteiger partial charge in [-0.25, -0.2) is 8.42 Å². The highest BCUT2D eigenvalue weighted by atomic mass is 79.9. The van der Waals surface area contributed by atoms with Gasteiger partial charge in [0.2, 0.25) is 0 Å². The van der Waals surface area contributed by atoms with E-state index in [1.165, 1.54) is 11.3 Å². The first-order valence-corrected chi connectivity index (χ1v) is 8.77. The quantitative estimate of drug-likeness (QED) is 0.739. The van der Waals surface area contributed by atoms with Gasteiger partial charge in [0.15, 0.2) is 0 Å². The summed E-state index contributed by atoms with van der Waals surface area (Å²) in [6, 6.07) is 6.99. The molecule has 0 fully saturated rings. The molecule has 8 heteroatoms. The van der Waals surface area contributed by atoms with Gasteiger partial charge in [0.25, 0.3) is 10.0 Å². The molecule has 104 valence electrons. The summed E-state index contributed by atoms with van der Waals surface area (Å²) in [5.74, 6) is 0. The third kappa shape index (κ3) is 2.34. The van der Waals surface area contributed by atoms with E-state index in [4.69, 9.17) is 0 Å². The average molecular weight is 372 g/mol. The summed E-state index contributed by atoms with van der Waals surface area (Å²) in [6.45, 7) is 1.86. The molecule has 0 spiro atoms. The number of H-pyrrole nitrogens is 1. The van der Waals surface area contributed by atoms with E-state index in [2.05, 4.69) is 30.8 Å². The molecule has 0 saturated carbocycles. The van der Waals surface area contributed by atoms with Gasteiger partial charge in [0, 0.05) is 5.39 Å². The van der Waals surface area contributed by atoms with Gasteiger partial charge in [-0.05, 0) is 40.5 Å². The number of rotatable bonds is 3. The summed E-state index contributed by atoms with van der Waals surface area (Å²) < 4.78 is 28.4. The lowest BCUT2D eigenvalue weighted by Crippen LogP contribution is -2.11. The number of benzene rings is 1. The van der Waals surface area contributed by atoms with Crippen molar-refractivity contribution in [3.05, 3.63) is 39.8 Å². The topological polar surface area (TPSA) is 74.8 Å². The monoisotopic (exact) mass is 371 g/mol. The lowest BCUT2D eigenvalue weighted by Gasteiger charge is -2.06. The van der Waals surface area contributed by atoms with Crippen LogP contribution in [0.4, 0.5) is 5.69 Å². The first kappa shape index (κ1) is 13.6. The summed E-state index contributed by atoms with van der Waals surface area (Å²) in [5.41, 5.74) is 2.06. The van der Waals surface area contributed by atoms with Crippen LogP contribution in [0, 0.1) is 6.92 Å². The highest BCUT2D eigenvalue weighted by Crippen LogP contribution is 2.32. The Bertz CT molecular complexity index is 864. The van der Waals surface area contributed by atoms with Gasteiger partial charge < -0.3 is 0 Å². The number of aromatic nitrogens is 2. The first-order valence-electron chi connectivity index (χ1n) is 5.68. The summed E-state index contributed by atoms with van der Waals surface area (Å²) in [7, 11) is -3.59. The molecule has 1 aromatic carbocycles. The van der Waals surface area contributed by atoms with Crippen LogP contribution in [0.3, 0.4) is 0 Å². The molecule has 2 aromatic heterocycles. The molecular weight excluding hydrogens is 362 g/mol. The predicted molar refractivity (Wildman–Crippen MR) is 83.7 cm³/mol. The maximum atomic E-state index is 12.4. The van der Waals surface area contributed by atoms with Gasteiger partial charge in [0.1, 0.15) is 4.21 Å². The molecule has 5 nitrogen and oxygen atoms in total. The van der Waals surface area contributed by atoms with Crippen LogP contribution in [0.15, 0.2) is 38.5 Å². The maximum absolute atomic E-state index is 12.4. The number of hydrogen-bond acceptors (Lipinski definition) is 4. The van der Waals surface area contributed by atoms with Crippen LogP contribution >= 0.6 is 27.3 Å². The standard InChI is InChI=1S/C12H10BrN3O2S2/c1-7-5-10(19-12(7)13)20(17,18)16-9-4-2-3-8-6-14-15-11(8)9/h2-6,16H,1H3,(H,14,15). The number of hydrogen-bond donors (Lipinski definition) is 2. The second-order valence-electron chi connectivity index (χ2n) is 4.27. The zero-order chi connectivity index (χ0) is 14.3. The Labute approximate surface area is 128 Å². The second kappa shape index (κ2) is 4.87. The van der Waals surface area contributed by atoms with Gasteiger partial charge in [-0.1, -0.05) is 12.1 Å². The first-order chi connectivity index (χ1) is 9.47. The van der Waals surface area contributed by atoms with E-state index in [-0.39, 0.29) is 4.21 Å². The zero-order valence-electron chi connectivity index (χ0n) is 10.3. The molecule has 0 saturated heterocycles. The Kier molecular flexibility index (Phi) is 3.31. The van der Waals surface area contributed by atoms with Crippen LogP contribution in [0.1, 0.15) is 5.56 Å². The predicted octanol–water partition coefficient (Wildman–Crippen LogP) is 3.50. The van der Waals surface area contributed by atoms with E-state index in [1.807, 2.05) is 13.0 Å². The Morgan fingerprint density at radius 1 is 1.40 bits per heavy atom. The summed E-state index contributed by atoms with van der Waals surface area (Å²) in [5, 5.41) is 7.57. The third-order valence-electron chi connectivity index (χ3n) is 2.82. The van der Waals surface area contributed by atoms with E-state index < -0.39 is 10.0 Å². The third-order valence-corrected chi connectivity index (χ3v) is 6.80. The van der Waals surface area contributed by atoms with Gasteiger partial charge in [-0.3, -0.25) is 9.82 Å². The number of aromatic amines is 1. The van der Waals surface area contributed by atoms with Crippen LogP contribution in [0.2, 0.25) is 0 Å². The molecule has 2 N–H and O–H groups in total. The Balaban J connectivity index is 2.03. The zero-order valence-corrected chi connectivity index (χ0v) is 13.6. The number of aryl methyl sites for hydroxylation is 1. The molecule has 0 aliphatic carbocycles. The fourth-order valence-corrected chi connectivity index (χ4v) is 5.11. The van der Waals surface area contributed by atoms with Crippen molar-refractivity contribution in [1.82, 2.24) is 10.2 Å². The molecule has 0 bridgehead atoms. The molecule has 0 aliphatic heterocycles. The van der Waals surface area contributed by atoms with E-state index in [0.29, 0.717) is 11.2 Å².